The van der Waals surface area contributed by atoms with Crippen LogP contribution in [0.2, 0.25) is 0 Å². The second kappa shape index (κ2) is 4.78. The Morgan fingerprint density at radius 1 is 1.19 bits per heavy atom. The van der Waals surface area contributed by atoms with Crippen LogP contribution < -0.4 is 0 Å². The molecule has 2 N–H and O–H groups in total. The van der Waals surface area contributed by atoms with Gasteiger partial charge in [0.15, 0.2) is 0 Å². The van der Waals surface area contributed by atoms with Crippen LogP contribution in [0.15, 0.2) is 12.7 Å². The summed E-state index contributed by atoms with van der Waals surface area (Å²) in [4.78, 5) is 34.3. The van der Waals surface area contributed by atoms with E-state index in [4.69, 9.17) is 10.2 Å². The van der Waals surface area contributed by atoms with Crippen LogP contribution in [-0.2, 0) is 14.4 Å². The Morgan fingerprint density at radius 2 is 1.75 bits per heavy atom. The molecule has 88 valence electrons. The molecular formula is C10H13NO5. The highest BCUT2D eigenvalue weighted by atomic mass is 16.4. The summed E-state index contributed by atoms with van der Waals surface area (Å²) in [5.41, 5.74) is 0. The van der Waals surface area contributed by atoms with E-state index in [0.717, 1.165) is 6.08 Å². The molecule has 6 heteroatoms. The molecule has 1 fully saturated rings. The lowest BCUT2D eigenvalue weighted by molar-refractivity contribution is -0.158. The summed E-state index contributed by atoms with van der Waals surface area (Å²) in [5, 5.41) is 17.8. The Morgan fingerprint density at radius 3 is 2.19 bits per heavy atom. The number of aliphatic carboxylic acids is 2. The minimum Gasteiger partial charge on any atom is -0.481 e. The summed E-state index contributed by atoms with van der Waals surface area (Å²) in [7, 11) is 0. The zero-order chi connectivity index (χ0) is 12.3. The fourth-order valence-corrected chi connectivity index (χ4v) is 1.83. The molecule has 0 radical (unpaired) electrons. The van der Waals surface area contributed by atoms with E-state index >= 15 is 0 Å². The van der Waals surface area contributed by atoms with Crippen LogP contribution >= 0.6 is 0 Å². The van der Waals surface area contributed by atoms with Gasteiger partial charge >= 0.3 is 11.9 Å². The third kappa shape index (κ3) is 2.39. The molecule has 2 atom stereocenters. The average molecular weight is 227 g/mol. The van der Waals surface area contributed by atoms with Gasteiger partial charge in [-0.1, -0.05) is 6.58 Å². The van der Waals surface area contributed by atoms with Gasteiger partial charge in [-0.3, -0.25) is 14.4 Å². The van der Waals surface area contributed by atoms with Crippen molar-refractivity contribution in [3.63, 3.8) is 0 Å². The monoisotopic (exact) mass is 227 g/mol. The first-order chi connectivity index (χ1) is 7.47. The van der Waals surface area contributed by atoms with Crippen molar-refractivity contribution < 1.29 is 24.6 Å². The maximum absolute atomic E-state index is 11.3. The standard InChI is InChI=1S/C10H13NO5/c1-2-8(12)11-4-3-6(9(13)14)7(5-11)10(15)16/h2,6-7H,1,3-5H2,(H,13,14)(H,15,16). The van der Waals surface area contributed by atoms with Crippen LogP contribution in [0.4, 0.5) is 0 Å². The summed E-state index contributed by atoms with van der Waals surface area (Å²) >= 11 is 0. The summed E-state index contributed by atoms with van der Waals surface area (Å²) in [5.74, 6) is -4.65. The van der Waals surface area contributed by atoms with Crippen LogP contribution in [0.1, 0.15) is 6.42 Å². The van der Waals surface area contributed by atoms with E-state index < -0.39 is 23.8 Å². The maximum atomic E-state index is 11.3. The second-order valence-corrected chi connectivity index (χ2v) is 3.67. The summed E-state index contributed by atoms with van der Waals surface area (Å²) in [6.45, 7) is 3.49. The van der Waals surface area contributed by atoms with Gasteiger partial charge in [-0.2, -0.15) is 0 Å². The molecule has 1 rings (SSSR count). The average Bonchev–Trinajstić information content (AvgIpc) is 2.26. The van der Waals surface area contributed by atoms with Crippen molar-refractivity contribution in [2.45, 2.75) is 6.42 Å². The van der Waals surface area contributed by atoms with Gasteiger partial charge in [0.2, 0.25) is 5.91 Å². The van der Waals surface area contributed by atoms with Crippen molar-refractivity contribution in [2.75, 3.05) is 13.1 Å². The quantitative estimate of drug-likeness (QED) is 0.651. The van der Waals surface area contributed by atoms with Gasteiger partial charge in [0.05, 0.1) is 11.8 Å². The molecule has 1 saturated heterocycles. The first kappa shape index (κ1) is 12.2. The van der Waals surface area contributed by atoms with E-state index in [1.807, 2.05) is 0 Å². The molecule has 2 unspecified atom stereocenters. The Bertz CT molecular complexity index is 338. The van der Waals surface area contributed by atoms with E-state index in [1.165, 1.54) is 4.90 Å². The molecule has 0 aromatic carbocycles. The lowest BCUT2D eigenvalue weighted by atomic mass is 9.85. The molecule has 0 aliphatic carbocycles. The van der Waals surface area contributed by atoms with Gasteiger partial charge in [-0.15, -0.1) is 0 Å². The third-order valence-electron chi connectivity index (χ3n) is 2.73. The number of nitrogens with zero attached hydrogens (tertiary/aromatic N) is 1. The highest BCUT2D eigenvalue weighted by Crippen LogP contribution is 2.24. The summed E-state index contributed by atoms with van der Waals surface area (Å²) in [6, 6.07) is 0. The van der Waals surface area contributed by atoms with Crippen molar-refractivity contribution in [1.29, 1.82) is 0 Å². The van der Waals surface area contributed by atoms with Crippen LogP contribution in [-0.4, -0.2) is 46.0 Å². The predicted octanol–water partition coefficient (Wildman–Crippen LogP) is -0.194. The van der Waals surface area contributed by atoms with Crippen LogP contribution in [0.25, 0.3) is 0 Å². The van der Waals surface area contributed by atoms with Crippen molar-refractivity contribution in [3.05, 3.63) is 12.7 Å². The smallest absolute Gasteiger partial charge is 0.309 e. The van der Waals surface area contributed by atoms with Crippen LogP contribution in [0.5, 0.6) is 0 Å². The van der Waals surface area contributed by atoms with E-state index in [-0.39, 0.29) is 25.4 Å². The largest absolute Gasteiger partial charge is 0.481 e. The Hall–Kier alpha value is -1.85. The summed E-state index contributed by atoms with van der Waals surface area (Å²) < 4.78 is 0. The topological polar surface area (TPSA) is 94.9 Å². The molecule has 6 nitrogen and oxygen atoms in total. The molecule has 1 amide bonds. The minimum atomic E-state index is -1.19. The predicted molar refractivity (Wildman–Crippen MR) is 53.6 cm³/mol. The number of amides is 1. The first-order valence-corrected chi connectivity index (χ1v) is 4.84. The fourth-order valence-electron chi connectivity index (χ4n) is 1.83. The number of carbonyl (C=O) groups is 3. The Kier molecular flexibility index (Phi) is 3.65. The van der Waals surface area contributed by atoms with Gasteiger partial charge in [0.1, 0.15) is 0 Å². The SMILES string of the molecule is C=CC(=O)N1CCC(C(=O)O)C(C(=O)O)C1. The van der Waals surface area contributed by atoms with E-state index in [1.54, 1.807) is 0 Å². The lowest BCUT2D eigenvalue weighted by Crippen LogP contribution is -2.48. The van der Waals surface area contributed by atoms with Crippen LogP contribution in [0, 0.1) is 11.8 Å². The first-order valence-electron chi connectivity index (χ1n) is 4.84. The van der Waals surface area contributed by atoms with Gasteiger partial charge in [-0.05, 0) is 12.5 Å². The second-order valence-electron chi connectivity index (χ2n) is 3.67. The molecule has 0 bridgehead atoms. The highest BCUT2D eigenvalue weighted by molar-refractivity contribution is 5.88. The summed E-state index contributed by atoms with van der Waals surface area (Å²) in [6.07, 6.45) is 1.26. The number of piperidine rings is 1. The Balaban J connectivity index is 2.80. The highest BCUT2D eigenvalue weighted by Gasteiger charge is 2.39. The van der Waals surface area contributed by atoms with Gasteiger partial charge in [0, 0.05) is 13.1 Å². The Labute approximate surface area is 92.2 Å². The molecule has 1 aliphatic heterocycles. The van der Waals surface area contributed by atoms with E-state index in [0.29, 0.717) is 0 Å². The molecule has 1 heterocycles. The number of hydrogen-bond donors (Lipinski definition) is 2. The van der Waals surface area contributed by atoms with E-state index in [2.05, 4.69) is 6.58 Å². The molecule has 0 saturated carbocycles. The van der Waals surface area contributed by atoms with Gasteiger partial charge < -0.3 is 15.1 Å². The molecule has 0 aromatic rings. The lowest BCUT2D eigenvalue weighted by Gasteiger charge is -2.33. The number of carbonyl (C=O) groups excluding carboxylic acids is 1. The van der Waals surface area contributed by atoms with Crippen molar-refractivity contribution in [3.8, 4) is 0 Å². The number of likely N-dealkylation sites (tertiary alicyclic amines) is 1. The molecule has 1 aliphatic rings. The van der Waals surface area contributed by atoms with Gasteiger partial charge in [-0.25, -0.2) is 0 Å². The molecule has 0 spiro atoms. The minimum absolute atomic E-state index is 0.0723. The van der Waals surface area contributed by atoms with Crippen molar-refractivity contribution >= 4 is 17.8 Å². The fraction of sp³-hybridized carbons (Fsp3) is 0.500. The van der Waals surface area contributed by atoms with Gasteiger partial charge in [0.25, 0.3) is 0 Å². The number of rotatable bonds is 3. The van der Waals surface area contributed by atoms with Crippen LogP contribution in [0.3, 0.4) is 0 Å². The normalized spacial score (nSPS) is 24.9. The molecule has 0 aromatic heterocycles. The van der Waals surface area contributed by atoms with Crippen molar-refractivity contribution in [1.82, 2.24) is 4.90 Å². The molecular weight excluding hydrogens is 214 g/mol. The third-order valence-corrected chi connectivity index (χ3v) is 2.73. The van der Waals surface area contributed by atoms with E-state index in [9.17, 15) is 14.4 Å². The van der Waals surface area contributed by atoms with Crippen molar-refractivity contribution in [2.24, 2.45) is 11.8 Å². The number of carboxylic acids is 2. The number of hydrogen-bond acceptors (Lipinski definition) is 3. The zero-order valence-corrected chi connectivity index (χ0v) is 8.63. The zero-order valence-electron chi connectivity index (χ0n) is 8.63. The molecule has 16 heavy (non-hydrogen) atoms. The number of carboxylic acid groups (broad SMARTS) is 2. The maximum Gasteiger partial charge on any atom is 0.309 e.